The first-order chi connectivity index (χ1) is 10.7. The maximum absolute atomic E-state index is 12.1. The van der Waals surface area contributed by atoms with Crippen molar-refractivity contribution in [1.29, 1.82) is 0 Å². The second-order valence-corrected chi connectivity index (χ2v) is 4.78. The molecule has 128 valence electrons. The standard InChI is InChI=1S/C14H17F3N2O4/c1-19(6-5-12(20)21)13(22)18-8-10-3-2-4-11(7-10)23-9-14(15,16)17/h2-4,7H,5-6,8-9H2,1H3,(H,18,22)(H,20,21). The summed E-state index contributed by atoms with van der Waals surface area (Å²) in [6, 6.07) is 5.44. The molecule has 0 radical (unpaired) electrons. The van der Waals surface area contributed by atoms with Gasteiger partial charge in [0.05, 0.1) is 6.42 Å². The van der Waals surface area contributed by atoms with E-state index in [0.29, 0.717) is 5.56 Å². The second-order valence-electron chi connectivity index (χ2n) is 4.78. The third kappa shape index (κ3) is 7.93. The number of alkyl halides is 3. The molecule has 1 aromatic rings. The number of rotatable bonds is 7. The van der Waals surface area contributed by atoms with Crippen LogP contribution in [0.1, 0.15) is 12.0 Å². The number of benzene rings is 1. The van der Waals surface area contributed by atoms with E-state index in [0.717, 1.165) is 0 Å². The summed E-state index contributed by atoms with van der Waals surface area (Å²) in [6.07, 6.45) is -4.60. The molecular formula is C14H17F3N2O4. The second kappa shape index (κ2) is 8.25. The average Bonchev–Trinajstić information content (AvgIpc) is 2.48. The van der Waals surface area contributed by atoms with E-state index in [-0.39, 0.29) is 25.3 Å². The van der Waals surface area contributed by atoms with Crippen molar-refractivity contribution in [2.45, 2.75) is 19.1 Å². The van der Waals surface area contributed by atoms with Crippen molar-refractivity contribution in [3.8, 4) is 5.75 Å². The fourth-order valence-electron chi connectivity index (χ4n) is 1.59. The van der Waals surface area contributed by atoms with Crippen LogP contribution in [0.25, 0.3) is 0 Å². The molecule has 0 saturated heterocycles. The number of carboxylic acids is 1. The number of urea groups is 1. The molecule has 2 N–H and O–H groups in total. The number of halogens is 3. The van der Waals surface area contributed by atoms with Gasteiger partial charge in [0.1, 0.15) is 5.75 Å². The minimum atomic E-state index is -4.42. The first-order valence-corrected chi connectivity index (χ1v) is 6.66. The van der Waals surface area contributed by atoms with Crippen molar-refractivity contribution in [3.05, 3.63) is 29.8 Å². The lowest BCUT2D eigenvalue weighted by Crippen LogP contribution is -2.37. The predicted octanol–water partition coefficient (Wildman–Crippen LogP) is 2.24. The molecule has 0 aliphatic heterocycles. The molecule has 6 nitrogen and oxygen atoms in total. The third-order valence-corrected chi connectivity index (χ3v) is 2.75. The molecule has 1 aromatic carbocycles. The number of ether oxygens (including phenoxy) is 1. The van der Waals surface area contributed by atoms with E-state index >= 15 is 0 Å². The van der Waals surface area contributed by atoms with Crippen LogP contribution in [0.4, 0.5) is 18.0 Å². The molecule has 0 spiro atoms. The number of hydrogen-bond acceptors (Lipinski definition) is 3. The number of amides is 2. The molecule has 0 atom stereocenters. The van der Waals surface area contributed by atoms with Gasteiger partial charge in [-0.2, -0.15) is 13.2 Å². The summed E-state index contributed by atoms with van der Waals surface area (Å²) < 4.78 is 40.9. The van der Waals surface area contributed by atoms with Gasteiger partial charge in [0.15, 0.2) is 6.61 Å². The van der Waals surface area contributed by atoms with Crippen LogP contribution in [0.2, 0.25) is 0 Å². The first kappa shape index (κ1) is 18.6. The van der Waals surface area contributed by atoms with Gasteiger partial charge in [0.2, 0.25) is 0 Å². The number of carboxylic acid groups (broad SMARTS) is 1. The van der Waals surface area contributed by atoms with Crippen molar-refractivity contribution in [3.63, 3.8) is 0 Å². The summed E-state index contributed by atoms with van der Waals surface area (Å²) in [5.74, 6) is -0.965. The topological polar surface area (TPSA) is 78.9 Å². The van der Waals surface area contributed by atoms with Gasteiger partial charge in [0.25, 0.3) is 0 Å². The SMILES string of the molecule is CN(CCC(=O)O)C(=O)NCc1cccc(OCC(F)(F)F)c1. The Labute approximate surface area is 130 Å². The van der Waals surface area contributed by atoms with Gasteiger partial charge < -0.3 is 20.1 Å². The Hall–Kier alpha value is -2.45. The Kier molecular flexibility index (Phi) is 6.67. The fourth-order valence-corrected chi connectivity index (χ4v) is 1.59. The molecule has 0 aromatic heterocycles. The number of carbonyl (C=O) groups excluding carboxylic acids is 1. The molecular weight excluding hydrogens is 317 g/mol. The van der Waals surface area contributed by atoms with Crippen molar-refractivity contribution >= 4 is 12.0 Å². The molecule has 1 rings (SSSR count). The maximum Gasteiger partial charge on any atom is 0.422 e. The molecule has 0 saturated carbocycles. The molecule has 0 unspecified atom stereocenters. The summed E-state index contributed by atoms with van der Waals surface area (Å²) >= 11 is 0. The van der Waals surface area contributed by atoms with E-state index in [9.17, 15) is 22.8 Å². The monoisotopic (exact) mass is 334 g/mol. The zero-order chi connectivity index (χ0) is 17.5. The highest BCUT2D eigenvalue weighted by Crippen LogP contribution is 2.19. The van der Waals surface area contributed by atoms with Crippen LogP contribution in [0.5, 0.6) is 5.75 Å². The quantitative estimate of drug-likeness (QED) is 0.802. The Morgan fingerprint density at radius 1 is 1.35 bits per heavy atom. The van der Waals surface area contributed by atoms with Gasteiger partial charge in [-0.05, 0) is 17.7 Å². The average molecular weight is 334 g/mol. The Morgan fingerprint density at radius 2 is 2.04 bits per heavy atom. The Balaban J connectivity index is 2.48. The van der Waals surface area contributed by atoms with E-state index < -0.39 is 24.8 Å². The normalized spacial score (nSPS) is 11.0. The molecule has 9 heteroatoms. The van der Waals surface area contributed by atoms with Gasteiger partial charge in [-0.25, -0.2) is 4.79 Å². The van der Waals surface area contributed by atoms with Crippen LogP contribution in [0, 0.1) is 0 Å². The zero-order valence-corrected chi connectivity index (χ0v) is 12.4. The highest BCUT2D eigenvalue weighted by molar-refractivity contribution is 5.75. The lowest BCUT2D eigenvalue weighted by atomic mass is 10.2. The number of aliphatic carboxylic acids is 1. The minimum Gasteiger partial charge on any atom is -0.484 e. The first-order valence-electron chi connectivity index (χ1n) is 6.66. The van der Waals surface area contributed by atoms with Crippen LogP contribution in [-0.4, -0.2) is 48.4 Å². The lowest BCUT2D eigenvalue weighted by molar-refractivity contribution is -0.153. The van der Waals surface area contributed by atoms with Gasteiger partial charge >= 0.3 is 18.2 Å². The summed E-state index contributed by atoms with van der Waals surface area (Å²) in [6.45, 7) is -1.25. The molecule has 0 fully saturated rings. The molecule has 0 aliphatic rings. The smallest absolute Gasteiger partial charge is 0.422 e. The van der Waals surface area contributed by atoms with E-state index in [1.165, 1.54) is 30.1 Å². The van der Waals surface area contributed by atoms with Crippen molar-refractivity contribution in [2.24, 2.45) is 0 Å². The fraction of sp³-hybridized carbons (Fsp3) is 0.429. The lowest BCUT2D eigenvalue weighted by Gasteiger charge is -2.17. The molecule has 0 bridgehead atoms. The Bertz CT molecular complexity index is 549. The summed E-state index contributed by atoms with van der Waals surface area (Å²) in [4.78, 5) is 23.3. The number of nitrogens with zero attached hydrogens (tertiary/aromatic N) is 1. The van der Waals surface area contributed by atoms with E-state index in [2.05, 4.69) is 10.1 Å². The highest BCUT2D eigenvalue weighted by atomic mass is 19.4. The summed E-state index contributed by atoms with van der Waals surface area (Å²) in [7, 11) is 1.45. The number of hydrogen-bond donors (Lipinski definition) is 2. The Morgan fingerprint density at radius 3 is 2.65 bits per heavy atom. The highest BCUT2D eigenvalue weighted by Gasteiger charge is 2.28. The predicted molar refractivity (Wildman–Crippen MR) is 75.1 cm³/mol. The van der Waals surface area contributed by atoms with E-state index in [4.69, 9.17) is 5.11 Å². The largest absolute Gasteiger partial charge is 0.484 e. The maximum atomic E-state index is 12.1. The number of carbonyl (C=O) groups is 2. The van der Waals surface area contributed by atoms with E-state index in [1.54, 1.807) is 6.07 Å². The minimum absolute atomic E-state index is 0.0494. The van der Waals surface area contributed by atoms with Crippen molar-refractivity contribution in [2.75, 3.05) is 20.2 Å². The molecule has 23 heavy (non-hydrogen) atoms. The van der Waals surface area contributed by atoms with Crippen LogP contribution in [0.15, 0.2) is 24.3 Å². The van der Waals surface area contributed by atoms with Crippen LogP contribution >= 0.6 is 0 Å². The summed E-state index contributed by atoms with van der Waals surface area (Å²) in [5.41, 5.74) is 0.560. The number of nitrogens with one attached hydrogen (secondary N) is 1. The van der Waals surface area contributed by atoms with Crippen LogP contribution < -0.4 is 10.1 Å². The zero-order valence-electron chi connectivity index (χ0n) is 12.4. The van der Waals surface area contributed by atoms with Gasteiger partial charge in [-0.15, -0.1) is 0 Å². The van der Waals surface area contributed by atoms with Crippen LogP contribution in [-0.2, 0) is 11.3 Å². The summed E-state index contributed by atoms with van der Waals surface area (Å²) in [5, 5.41) is 11.1. The molecule has 0 aliphatic carbocycles. The van der Waals surface area contributed by atoms with E-state index in [1.807, 2.05) is 0 Å². The van der Waals surface area contributed by atoms with Gasteiger partial charge in [-0.1, -0.05) is 12.1 Å². The van der Waals surface area contributed by atoms with Crippen LogP contribution in [0.3, 0.4) is 0 Å². The van der Waals surface area contributed by atoms with Crippen molar-refractivity contribution < 1.29 is 32.6 Å². The van der Waals surface area contributed by atoms with Gasteiger partial charge in [-0.3, -0.25) is 4.79 Å². The molecule has 2 amide bonds. The van der Waals surface area contributed by atoms with Gasteiger partial charge in [0, 0.05) is 20.1 Å². The van der Waals surface area contributed by atoms with Crippen molar-refractivity contribution in [1.82, 2.24) is 10.2 Å². The molecule has 0 heterocycles. The third-order valence-electron chi connectivity index (χ3n) is 2.75.